The summed E-state index contributed by atoms with van der Waals surface area (Å²) in [5.74, 6) is 0.0825. The number of thiophene rings is 1. The molecule has 0 radical (unpaired) electrons. The Bertz CT molecular complexity index is 859. The number of hydrogen-bond acceptors (Lipinski definition) is 6. The fraction of sp³-hybridized carbons (Fsp3) is 0.450. The SMILES string of the molecule is O=C(CN1CCCN(c2ccc(C(F)(F)F)cn2)CC1)NC(=O)NCCc1cccs1. The first-order valence-corrected chi connectivity index (χ1v) is 10.8. The van der Waals surface area contributed by atoms with Crippen LogP contribution in [0, 0.1) is 0 Å². The van der Waals surface area contributed by atoms with Crippen LogP contribution in [0.1, 0.15) is 16.9 Å². The Morgan fingerprint density at radius 1 is 1.13 bits per heavy atom. The van der Waals surface area contributed by atoms with Gasteiger partial charge in [0.05, 0.1) is 12.1 Å². The molecule has 2 N–H and O–H groups in total. The monoisotopic (exact) mass is 455 g/mol. The van der Waals surface area contributed by atoms with E-state index in [9.17, 15) is 22.8 Å². The third-order valence-electron chi connectivity index (χ3n) is 4.84. The summed E-state index contributed by atoms with van der Waals surface area (Å²) in [5, 5.41) is 6.96. The Kier molecular flexibility index (Phi) is 7.85. The number of urea groups is 1. The van der Waals surface area contributed by atoms with E-state index in [1.165, 1.54) is 6.07 Å². The van der Waals surface area contributed by atoms with E-state index in [0.29, 0.717) is 45.0 Å². The van der Waals surface area contributed by atoms with Crippen molar-refractivity contribution in [2.75, 3.05) is 44.2 Å². The molecule has 0 saturated carbocycles. The third-order valence-corrected chi connectivity index (χ3v) is 5.78. The van der Waals surface area contributed by atoms with Crippen LogP contribution in [0.2, 0.25) is 0 Å². The van der Waals surface area contributed by atoms with Gasteiger partial charge in [0.2, 0.25) is 5.91 Å². The molecule has 3 rings (SSSR count). The summed E-state index contributed by atoms with van der Waals surface area (Å²) < 4.78 is 38.1. The lowest BCUT2D eigenvalue weighted by Gasteiger charge is -2.22. The van der Waals surface area contributed by atoms with Crippen molar-refractivity contribution in [1.82, 2.24) is 20.5 Å². The fourth-order valence-electron chi connectivity index (χ4n) is 3.27. The van der Waals surface area contributed by atoms with Gasteiger partial charge in [0, 0.05) is 43.8 Å². The van der Waals surface area contributed by atoms with E-state index in [4.69, 9.17) is 0 Å². The number of nitrogens with one attached hydrogen (secondary N) is 2. The van der Waals surface area contributed by atoms with Gasteiger partial charge >= 0.3 is 12.2 Å². The Balaban J connectivity index is 1.40. The summed E-state index contributed by atoms with van der Waals surface area (Å²) in [5.41, 5.74) is -0.780. The molecule has 0 aromatic carbocycles. The van der Waals surface area contributed by atoms with Crippen molar-refractivity contribution in [2.45, 2.75) is 19.0 Å². The van der Waals surface area contributed by atoms with Crippen LogP contribution in [0.15, 0.2) is 35.8 Å². The van der Waals surface area contributed by atoms with Gasteiger partial charge in [-0.05, 0) is 36.4 Å². The number of halogens is 3. The standard InChI is InChI=1S/C20H24F3N5O2S/c21-20(22,23)15-4-5-17(25-13-15)28-9-2-8-27(10-11-28)14-18(29)26-19(30)24-7-6-16-3-1-12-31-16/h1,3-5,12-13H,2,6-11,14H2,(H2,24,26,29,30). The Hall–Kier alpha value is -2.66. The molecule has 168 valence electrons. The zero-order valence-corrected chi connectivity index (χ0v) is 17.6. The van der Waals surface area contributed by atoms with Gasteiger partial charge in [0.25, 0.3) is 0 Å². The van der Waals surface area contributed by atoms with Gasteiger partial charge in [-0.3, -0.25) is 15.0 Å². The molecule has 1 fully saturated rings. The van der Waals surface area contributed by atoms with E-state index >= 15 is 0 Å². The molecular weight excluding hydrogens is 431 g/mol. The van der Waals surface area contributed by atoms with Gasteiger partial charge < -0.3 is 10.2 Å². The fourth-order valence-corrected chi connectivity index (χ4v) is 3.98. The van der Waals surface area contributed by atoms with Crippen molar-refractivity contribution in [3.63, 3.8) is 0 Å². The molecule has 7 nitrogen and oxygen atoms in total. The Morgan fingerprint density at radius 3 is 2.65 bits per heavy atom. The molecule has 11 heteroatoms. The zero-order valence-electron chi connectivity index (χ0n) is 16.8. The molecule has 3 heterocycles. The lowest BCUT2D eigenvalue weighted by molar-refractivity contribution is -0.137. The first-order valence-electron chi connectivity index (χ1n) is 9.92. The molecule has 0 spiro atoms. The smallest absolute Gasteiger partial charge is 0.355 e. The van der Waals surface area contributed by atoms with Gasteiger partial charge in [-0.15, -0.1) is 11.3 Å². The van der Waals surface area contributed by atoms with Crippen LogP contribution in [0.5, 0.6) is 0 Å². The number of nitrogens with zero attached hydrogens (tertiary/aromatic N) is 3. The number of amides is 3. The average Bonchev–Trinajstić information content (AvgIpc) is 3.12. The van der Waals surface area contributed by atoms with Crippen molar-refractivity contribution in [2.24, 2.45) is 0 Å². The summed E-state index contributed by atoms with van der Waals surface area (Å²) in [4.78, 5) is 32.9. The minimum atomic E-state index is -4.41. The highest BCUT2D eigenvalue weighted by atomic mass is 32.1. The van der Waals surface area contributed by atoms with Crippen LogP contribution in [-0.2, 0) is 17.4 Å². The molecular formula is C20H24F3N5O2S. The maximum Gasteiger partial charge on any atom is 0.417 e. The van der Waals surface area contributed by atoms with E-state index in [0.717, 1.165) is 23.6 Å². The molecule has 0 unspecified atom stereocenters. The third kappa shape index (κ3) is 7.21. The summed E-state index contributed by atoms with van der Waals surface area (Å²) in [6.07, 6.45) is -2.14. The van der Waals surface area contributed by atoms with E-state index in [-0.39, 0.29) is 6.54 Å². The van der Waals surface area contributed by atoms with Gasteiger partial charge in [0.1, 0.15) is 5.82 Å². The van der Waals surface area contributed by atoms with Crippen molar-refractivity contribution in [3.05, 3.63) is 46.3 Å². The van der Waals surface area contributed by atoms with Gasteiger partial charge in [-0.25, -0.2) is 9.78 Å². The highest BCUT2D eigenvalue weighted by Gasteiger charge is 2.31. The van der Waals surface area contributed by atoms with E-state index < -0.39 is 23.7 Å². The number of aromatic nitrogens is 1. The number of carbonyl (C=O) groups is 2. The van der Waals surface area contributed by atoms with Crippen LogP contribution >= 0.6 is 11.3 Å². The van der Waals surface area contributed by atoms with Crippen LogP contribution in [0.4, 0.5) is 23.8 Å². The van der Waals surface area contributed by atoms with Crippen molar-refractivity contribution >= 4 is 29.1 Å². The lowest BCUT2D eigenvalue weighted by Crippen LogP contribution is -2.45. The Morgan fingerprint density at radius 2 is 1.97 bits per heavy atom. The average molecular weight is 456 g/mol. The maximum absolute atomic E-state index is 12.7. The molecule has 2 aromatic rings. The van der Waals surface area contributed by atoms with Crippen LogP contribution in [-0.4, -0.2) is 61.1 Å². The first kappa shape index (κ1) is 23.0. The number of alkyl halides is 3. The largest absolute Gasteiger partial charge is 0.417 e. The van der Waals surface area contributed by atoms with Crippen molar-refractivity contribution < 1.29 is 22.8 Å². The summed E-state index contributed by atoms with van der Waals surface area (Å²) in [6, 6.07) is 5.80. The molecule has 3 amide bonds. The van der Waals surface area contributed by atoms with Gasteiger partial charge in [0.15, 0.2) is 0 Å². The quantitative estimate of drug-likeness (QED) is 0.701. The highest BCUT2D eigenvalue weighted by molar-refractivity contribution is 7.09. The zero-order chi connectivity index (χ0) is 22.3. The molecule has 2 aromatic heterocycles. The molecule has 31 heavy (non-hydrogen) atoms. The second kappa shape index (κ2) is 10.6. The van der Waals surface area contributed by atoms with E-state index in [2.05, 4.69) is 15.6 Å². The van der Waals surface area contributed by atoms with Crippen LogP contribution < -0.4 is 15.5 Å². The molecule has 1 aliphatic rings. The molecule has 0 atom stereocenters. The van der Waals surface area contributed by atoms with Gasteiger partial charge in [-0.2, -0.15) is 13.2 Å². The van der Waals surface area contributed by atoms with Crippen molar-refractivity contribution in [3.8, 4) is 0 Å². The van der Waals surface area contributed by atoms with Crippen LogP contribution in [0.3, 0.4) is 0 Å². The number of carbonyl (C=O) groups excluding carboxylic acids is 2. The molecule has 1 saturated heterocycles. The predicted molar refractivity (Wildman–Crippen MR) is 112 cm³/mol. The second-order valence-corrected chi connectivity index (χ2v) is 8.19. The number of rotatable bonds is 6. The van der Waals surface area contributed by atoms with Gasteiger partial charge in [-0.1, -0.05) is 6.07 Å². The normalized spacial score (nSPS) is 15.4. The first-order chi connectivity index (χ1) is 14.8. The maximum atomic E-state index is 12.7. The summed E-state index contributed by atoms with van der Waals surface area (Å²) in [6.45, 7) is 2.85. The minimum absolute atomic E-state index is 0.0760. The molecule has 0 aliphatic carbocycles. The van der Waals surface area contributed by atoms with E-state index in [1.54, 1.807) is 11.3 Å². The number of pyridine rings is 1. The van der Waals surface area contributed by atoms with E-state index in [1.807, 2.05) is 27.3 Å². The number of imide groups is 1. The minimum Gasteiger partial charge on any atom is -0.355 e. The summed E-state index contributed by atoms with van der Waals surface area (Å²) >= 11 is 1.61. The summed E-state index contributed by atoms with van der Waals surface area (Å²) in [7, 11) is 0. The number of hydrogen-bond donors (Lipinski definition) is 2. The molecule has 1 aliphatic heterocycles. The van der Waals surface area contributed by atoms with Crippen molar-refractivity contribution in [1.29, 1.82) is 0 Å². The predicted octanol–water partition coefficient (Wildman–Crippen LogP) is 2.74. The second-order valence-electron chi connectivity index (χ2n) is 7.15. The highest BCUT2D eigenvalue weighted by Crippen LogP contribution is 2.29. The number of anilines is 1. The van der Waals surface area contributed by atoms with Crippen LogP contribution in [0.25, 0.3) is 0 Å². The molecule has 0 bridgehead atoms. The Labute approximate surface area is 182 Å². The lowest BCUT2D eigenvalue weighted by atomic mass is 10.2. The topological polar surface area (TPSA) is 77.6 Å².